The fourth-order valence-corrected chi connectivity index (χ4v) is 2.32. The molecule has 7 nitrogen and oxygen atoms in total. The van der Waals surface area contributed by atoms with Crippen molar-refractivity contribution < 1.29 is 14.0 Å². The molecule has 2 heterocycles. The molecule has 0 atom stereocenters. The van der Waals surface area contributed by atoms with Gasteiger partial charge in [0, 0.05) is 18.2 Å². The maximum Gasteiger partial charge on any atom is 0.305 e. The van der Waals surface area contributed by atoms with E-state index in [9.17, 15) is 9.59 Å². The van der Waals surface area contributed by atoms with Crippen LogP contribution in [-0.4, -0.2) is 21.6 Å². The van der Waals surface area contributed by atoms with Gasteiger partial charge in [-0.1, -0.05) is 25.4 Å². The molecule has 128 valence electrons. The number of rotatable bonds is 5. The SMILES string of the molecule is Cc1nn(CC(C)C)c(Cl)c1/C=C/C(=O)NNC(=O)c1ccco1. The van der Waals surface area contributed by atoms with Crippen molar-refractivity contribution in [1.29, 1.82) is 0 Å². The second-order valence-corrected chi connectivity index (χ2v) is 5.98. The Morgan fingerprint density at radius 1 is 1.42 bits per heavy atom. The van der Waals surface area contributed by atoms with Crippen molar-refractivity contribution in [3.05, 3.63) is 46.6 Å². The minimum absolute atomic E-state index is 0.105. The first-order chi connectivity index (χ1) is 11.4. The molecule has 0 aliphatic rings. The number of hydrogen-bond acceptors (Lipinski definition) is 4. The van der Waals surface area contributed by atoms with Gasteiger partial charge < -0.3 is 4.42 Å². The quantitative estimate of drug-likeness (QED) is 0.640. The summed E-state index contributed by atoms with van der Waals surface area (Å²) in [6.45, 7) is 6.65. The third kappa shape index (κ3) is 4.48. The number of furan rings is 1. The van der Waals surface area contributed by atoms with E-state index in [1.54, 1.807) is 16.8 Å². The molecule has 2 rings (SSSR count). The molecule has 2 N–H and O–H groups in total. The monoisotopic (exact) mass is 350 g/mol. The molecule has 0 aliphatic heterocycles. The summed E-state index contributed by atoms with van der Waals surface area (Å²) < 4.78 is 6.62. The Morgan fingerprint density at radius 3 is 2.79 bits per heavy atom. The summed E-state index contributed by atoms with van der Waals surface area (Å²) in [6, 6.07) is 3.07. The fourth-order valence-electron chi connectivity index (χ4n) is 2.01. The van der Waals surface area contributed by atoms with Crippen LogP contribution in [0, 0.1) is 12.8 Å². The second-order valence-electron chi connectivity index (χ2n) is 5.62. The van der Waals surface area contributed by atoms with E-state index in [0.29, 0.717) is 23.2 Å². The maximum absolute atomic E-state index is 11.8. The smallest absolute Gasteiger partial charge is 0.305 e. The van der Waals surface area contributed by atoms with Crippen molar-refractivity contribution in [2.75, 3.05) is 0 Å². The molecule has 0 aromatic carbocycles. The highest BCUT2D eigenvalue weighted by molar-refractivity contribution is 6.31. The molecule has 0 fully saturated rings. The van der Waals surface area contributed by atoms with Crippen molar-refractivity contribution in [3.63, 3.8) is 0 Å². The molecule has 24 heavy (non-hydrogen) atoms. The Bertz CT molecular complexity index is 748. The van der Waals surface area contributed by atoms with E-state index in [1.165, 1.54) is 18.4 Å². The molecule has 0 radical (unpaired) electrons. The van der Waals surface area contributed by atoms with Gasteiger partial charge in [-0.25, -0.2) is 0 Å². The fraction of sp³-hybridized carbons (Fsp3) is 0.312. The number of nitrogens with one attached hydrogen (secondary N) is 2. The average molecular weight is 351 g/mol. The maximum atomic E-state index is 11.8. The van der Waals surface area contributed by atoms with Crippen LogP contribution in [-0.2, 0) is 11.3 Å². The Balaban J connectivity index is 1.96. The van der Waals surface area contributed by atoms with E-state index < -0.39 is 11.8 Å². The van der Waals surface area contributed by atoms with E-state index in [4.69, 9.17) is 16.0 Å². The summed E-state index contributed by atoms with van der Waals surface area (Å²) in [5.74, 6) is -0.533. The molecule has 8 heteroatoms. The summed E-state index contributed by atoms with van der Waals surface area (Å²) in [5, 5.41) is 4.83. The van der Waals surface area contributed by atoms with Gasteiger partial charge in [0.05, 0.1) is 12.0 Å². The lowest BCUT2D eigenvalue weighted by atomic mass is 10.2. The molecule has 2 aromatic rings. The highest BCUT2D eigenvalue weighted by atomic mass is 35.5. The highest BCUT2D eigenvalue weighted by Crippen LogP contribution is 2.22. The summed E-state index contributed by atoms with van der Waals surface area (Å²) in [7, 11) is 0. The van der Waals surface area contributed by atoms with Crippen molar-refractivity contribution in [2.24, 2.45) is 5.92 Å². The predicted octanol–water partition coefficient (Wildman–Crippen LogP) is 2.57. The molecule has 0 spiro atoms. The number of aromatic nitrogens is 2. The minimum atomic E-state index is -0.541. The van der Waals surface area contributed by atoms with Gasteiger partial charge in [-0.05, 0) is 31.1 Å². The topological polar surface area (TPSA) is 89.2 Å². The molecular formula is C16H19ClN4O3. The number of carbonyl (C=O) groups is 2. The van der Waals surface area contributed by atoms with Crippen LogP contribution in [0.15, 0.2) is 28.9 Å². The summed E-state index contributed by atoms with van der Waals surface area (Å²) in [6.07, 6.45) is 4.21. The van der Waals surface area contributed by atoms with Gasteiger partial charge in [0.2, 0.25) is 0 Å². The lowest BCUT2D eigenvalue weighted by Gasteiger charge is -2.05. The van der Waals surface area contributed by atoms with Crippen LogP contribution >= 0.6 is 11.6 Å². The summed E-state index contributed by atoms with van der Waals surface area (Å²) in [4.78, 5) is 23.4. The number of halogens is 1. The van der Waals surface area contributed by atoms with Crippen molar-refractivity contribution in [3.8, 4) is 0 Å². The summed E-state index contributed by atoms with van der Waals surface area (Å²) >= 11 is 6.29. The van der Waals surface area contributed by atoms with E-state index in [2.05, 4.69) is 29.8 Å². The van der Waals surface area contributed by atoms with Gasteiger partial charge in [-0.3, -0.25) is 25.1 Å². The number of nitrogens with zero attached hydrogens (tertiary/aromatic N) is 2. The van der Waals surface area contributed by atoms with Crippen LogP contribution < -0.4 is 10.9 Å². The number of hydrogen-bond donors (Lipinski definition) is 2. The number of amides is 2. The molecule has 2 amide bonds. The lowest BCUT2D eigenvalue weighted by Crippen LogP contribution is -2.40. The molecular weight excluding hydrogens is 332 g/mol. The molecule has 0 aliphatic carbocycles. The van der Waals surface area contributed by atoms with Crippen LogP contribution in [0.3, 0.4) is 0 Å². The standard InChI is InChI=1S/C16H19ClN4O3/c1-10(2)9-21-15(17)12(11(3)20-21)6-7-14(22)18-19-16(23)13-5-4-8-24-13/h4-8,10H,9H2,1-3H3,(H,18,22)(H,19,23)/b7-6+. The zero-order valence-corrected chi connectivity index (χ0v) is 14.4. The Labute approximate surface area is 144 Å². The number of aryl methyl sites for hydroxylation is 1. The van der Waals surface area contributed by atoms with Gasteiger partial charge in [-0.2, -0.15) is 5.10 Å². The number of carbonyl (C=O) groups excluding carboxylic acids is 2. The molecule has 0 bridgehead atoms. The lowest BCUT2D eigenvalue weighted by molar-refractivity contribution is -0.117. The predicted molar refractivity (Wildman–Crippen MR) is 90.2 cm³/mol. The Hall–Kier alpha value is -2.54. The first kappa shape index (κ1) is 17.8. The largest absolute Gasteiger partial charge is 0.459 e. The van der Waals surface area contributed by atoms with Gasteiger partial charge in [0.15, 0.2) is 5.76 Å². The Morgan fingerprint density at radius 2 is 2.17 bits per heavy atom. The van der Waals surface area contributed by atoms with E-state index in [0.717, 1.165) is 5.69 Å². The third-order valence-corrected chi connectivity index (χ3v) is 3.49. The average Bonchev–Trinajstić information content (AvgIpc) is 3.13. The molecule has 2 aromatic heterocycles. The minimum Gasteiger partial charge on any atom is -0.459 e. The van der Waals surface area contributed by atoms with Crippen LogP contribution in [0.5, 0.6) is 0 Å². The first-order valence-electron chi connectivity index (χ1n) is 7.43. The first-order valence-corrected chi connectivity index (χ1v) is 7.81. The second kappa shape index (κ2) is 7.83. The third-order valence-electron chi connectivity index (χ3n) is 3.09. The van der Waals surface area contributed by atoms with Crippen LogP contribution in [0.1, 0.15) is 35.7 Å². The zero-order chi connectivity index (χ0) is 17.7. The number of hydrazine groups is 1. The van der Waals surface area contributed by atoms with Gasteiger partial charge in [0.1, 0.15) is 5.15 Å². The highest BCUT2D eigenvalue weighted by Gasteiger charge is 2.13. The zero-order valence-electron chi connectivity index (χ0n) is 13.7. The van der Waals surface area contributed by atoms with Crippen molar-refractivity contribution in [1.82, 2.24) is 20.6 Å². The molecule has 0 saturated carbocycles. The normalized spacial score (nSPS) is 11.2. The molecule has 0 saturated heterocycles. The van der Waals surface area contributed by atoms with Gasteiger partial charge in [0.25, 0.3) is 5.91 Å². The van der Waals surface area contributed by atoms with E-state index in [1.807, 2.05) is 6.92 Å². The van der Waals surface area contributed by atoms with Crippen LogP contribution in [0.2, 0.25) is 5.15 Å². The van der Waals surface area contributed by atoms with Gasteiger partial charge >= 0.3 is 5.91 Å². The van der Waals surface area contributed by atoms with Gasteiger partial charge in [-0.15, -0.1) is 0 Å². The summed E-state index contributed by atoms with van der Waals surface area (Å²) in [5.41, 5.74) is 5.91. The van der Waals surface area contributed by atoms with E-state index in [-0.39, 0.29) is 5.76 Å². The van der Waals surface area contributed by atoms with E-state index >= 15 is 0 Å². The van der Waals surface area contributed by atoms with Crippen molar-refractivity contribution in [2.45, 2.75) is 27.3 Å². The van der Waals surface area contributed by atoms with Crippen LogP contribution in [0.25, 0.3) is 6.08 Å². The molecule has 0 unspecified atom stereocenters. The van der Waals surface area contributed by atoms with Crippen LogP contribution in [0.4, 0.5) is 0 Å². The Kier molecular flexibility index (Phi) is 5.81. The van der Waals surface area contributed by atoms with Crippen molar-refractivity contribution >= 4 is 29.5 Å².